The molecule has 1 atom stereocenters. The molecule has 0 bridgehead atoms. The molecule has 6 nitrogen and oxygen atoms in total. The Morgan fingerprint density at radius 1 is 1.17 bits per heavy atom. The van der Waals surface area contributed by atoms with Crippen molar-refractivity contribution >= 4 is 29.3 Å². The minimum absolute atomic E-state index is 0.114. The molecule has 1 fully saturated rings. The van der Waals surface area contributed by atoms with Crippen molar-refractivity contribution in [3.05, 3.63) is 83.8 Å². The Morgan fingerprint density at radius 2 is 2.00 bits per heavy atom. The van der Waals surface area contributed by atoms with Crippen LogP contribution in [0.15, 0.2) is 71.3 Å². The Kier molecular flexibility index (Phi) is 4.55. The van der Waals surface area contributed by atoms with Gasteiger partial charge in [0.15, 0.2) is 10.6 Å². The average molecular weight is 420 g/mol. The van der Waals surface area contributed by atoms with Crippen molar-refractivity contribution < 1.29 is 18.7 Å². The number of nitrogens with zero attached hydrogens (tertiary/aromatic N) is 2. The molecule has 2 aromatic carbocycles. The molecule has 1 aromatic heterocycles. The Labute approximate surface area is 178 Å². The topological polar surface area (TPSA) is 63.0 Å². The lowest BCUT2D eigenvalue weighted by molar-refractivity contribution is -0.123. The first-order chi connectivity index (χ1) is 14.6. The number of ether oxygens (including phenoxy) is 1. The van der Waals surface area contributed by atoms with E-state index in [1.165, 1.54) is 18.0 Å². The smallest absolute Gasteiger partial charge is 0.291 e. The van der Waals surface area contributed by atoms with Crippen molar-refractivity contribution in [2.45, 2.75) is 11.4 Å². The van der Waals surface area contributed by atoms with Gasteiger partial charge in [0.05, 0.1) is 25.6 Å². The van der Waals surface area contributed by atoms with Crippen molar-refractivity contribution in [2.75, 3.05) is 24.3 Å². The predicted octanol–water partition coefficient (Wildman–Crippen LogP) is 3.88. The first kappa shape index (κ1) is 18.8. The van der Waals surface area contributed by atoms with Gasteiger partial charge in [0, 0.05) is 17.9 Å². The number of amides is 2. The maximum absolute atomic E-state index is 13.9. The Hall–Kier alpha value is -3.19. The van der Waals surface area contributed by atoms with Crippen molar-refractivity contribution in [3.8, 4) is 5.75 Å². The predicted molar refractivity (Wildman–Crippen MR) is 115 cm³/mol. The van der Waals surface area contributed by atoms with Crippen LogP contribution in [-0.4, -0.2) is 36.1 Å². The van der Waals surface area contributed by atoms with E-state index in [9.17, 15) is 9.59 Å². The van der Waals surface area contributed by atoms with Gasteiger partial charge in [0.2, 0.25) is 0 Å². The second-order valence-electron chi connectivity index (χ2n) is 7.19. The zero-order valence-electron chi connectivity index (χ0n) is 16.4. The number of furan rings is 1. The molecular formula is C23H20N2O4S. The summed E-state index contributed by atoms with van der Waals surface area (Å²) in [7, 11) is 1.60. The highest BCUT2D eigenvalue weighted by molar-refractivity contribution is 8.01. The normalized spacial score (nSPS) is 20.1. The highest BCUT2D eigenvalue weighted by atomic mass is 32.2. The minimum Gasteiger partial charge on any atom is -0.497 e. The van der Waals surface area contributed by atoms with E-state index in [0.717, 1.165) is 16.8 Å². The standard InChI is InChI=1S/C23H20N2O4S/c1-28-17-9-10-19-18(14-17)23(22(27)24(19)15-16-6-3-2-4-7-16)25(11-13-30-23)21(26)20-8-5-12-29-20/h2-10,12,14H,11,13,15H2,1H3/t23-/m0/s1. The van der Waals surface area contributed by atoms with Gasteiger partial charge in [-0.3, -0.25) is 9.59 Å². The third-order valence-corrected chi connectivity index (χ3v) is 6.98. The fourth-order valence-corrected chi connectivity index (χ4v) is 5.63. The molecule has 3 heterocycles. The summed E-state index contributed by atoms with van der Waals surface area (Å²) in [4.78, 5) is 29.5. The summed E-state index contributed by atoms with van der Waals surface area (Å²) in [5, 5.41) is 0. The van der Waals surface area contributed by atoms with Crippen LogP contribution in [0.3, 0.4) is 0 Å². The molecule has 5 rings (SSSR count). The number of rotatable bonds is 4. The van der Waals surface area contributed by atoms with Crippen molar-refractivity contribution in [3.63, 3.8) is 0 Å². The quantitative estimate of drug-likeness (QED) is 0.641. The van der Waals surface area contributed by atoms with Gasteiger partial charge >= 0.3 is 0 Å². The van der Waals surface area contributed by atoms with E-state index in [0.29, 0.717) is 24.6 Å². The van der Waals surface area contributed by atoms with Gasteiger partial charge in [-0.1, -0.05) is 30.3 Å². The summed E-state index contributed by atoms with van der Waals surface area (Å²) in [6, 6.07) is 18.8. The fraction of sp³-hybridized carbons (Fsp3) is 0.217. The molecule has 0 unspecified atom stereocenters. The molecule has 0 aliphatic carbocycles. The van der Waals surface area contributed by atoms with Crippen molar-refractivity contribution in [2.24, 2.45) is 0 Å². The average Bonchev–Trinajstić information content (AvgIpc) is 3.51. The Bertz CT molecular complexity index is 1100. The largest absolute Gasteiger partial charge is 0.497 e. The number of methoxy groups -OCH3 is 1. The van der Waals surface area contributed by atoms with Crippen LogP contribution in [0.2, 0.25) is 0 Å². The molecule has 30 heavy (non-hydrogen) atoms. The first-order valence-corrected chi connectivity index (χ1v) is 10.7. The van der Waals surface area contributed by atoms with Gasteiger partial charge in [-0.05, 0) is 35.9 Å². The molecule has 0 radical (unpaired) electrons. The highest BCUT2D eigenvalue weighted by Crippen LogP contribution is 2.55. The molecule has 2 amide bonds. The van der Waals surface area contributed by atoms with E-state index < -0.39 is 4.87 Å². The summed E-state index contributed by atoms with van der Waals surface area (Å²) >= 11 is 1.49. The molecule has 2 aliphatic heterocycles. The Morgan fingerprint density at radius 3 is 2.73 bits per heavy atom. The number of benzene rings is 2. The molecule has 1 spiro atoms. The zero-order valence-corrected chi connectivity index (χ0v) is 17.2. The van der Waals surface area contributed by atoms with E-state index in [-0.39, 0.29) is 17.6 Å². The molecule has 2 aliphatic rings. The van der Waals surface area contributed by atoms with E-state index >= 15 is 0 Å². The van der Waals surface area contributed by atoms with Crippen LogP contribution < -0.4 is 9.64 Å². The number of fused-ring (bicyclic) bond motifs is 2. The second kappa shape index (κ2) is 7.25. The van der Waals surface area contributed by atoms with Crippen molar-refractivity contribution in [1.29, 1.82) is 0 Å². The van der Waals surface area contributed by atoms with Gasteiger partial charge in [-0.25, -0.2) is 0 Å². The van der Waals surface area contributed by atoms with Gasteiger partial charge in [-0.2, -0.15) is 0 Å². The minimum atomic E-state index is -1.12. The number of carbonyl (C=O) groups excluding carboxylic acids is 2. The van der Waals surface area contributed by atoms with Gasteiger partial charge < -0.3 is 19.0 Å². The fourth-order valence-electron chi connectivity index (χ4n) is 4.18. The van der Waals surface area contributed by atoms with Crippen LogP contribution in [-0.2, 0) is 16.2 Å². The van der Waals surface area contributed by atoms with E-state index in [1.54, 1.807) is 29.0 Å². The summed E-state index contributed by atoms with van der Waals surface area (Å²) in [5.74, 6) is 1.15. The van der Waals surface area contributed by atoms with Crippen LogP contribution in [0.25, 0.3) is 0 Å². The van der Waals surface area contributed by atoms with Crippen LogP contribution in [0.1, 0.15) is 21.7 Å². The van der Waals surface area contributed by atoms with Crippen LogP contribution in [0.4, 0.5) is 5.69 Å². The molecule has 0 saturated carbocycles. The summed E-state index contributed by atoms with van der Waals surface area (Å²) in [6.07, 6.45) is 1.47. The molecular weight excluding hydrogens is 400 g/mol. The maximum atomic E-state index is 13.9. The summed E-state index contributed by atoms with van der Waals surface area (Å²) in [5.41, 5.74) is 2.61. The monoisotopic (exact) mass is 420 g/mol. The third-order valence-electron chi connectivity index (χ3n) is 5.56. The summed E-state index contributed by atoms with van der Waals surface area (Å²) < 4.78 is 10.8. The molecule has 152 valence electrons. The van der Waals surface area contributed by atoms with E-state index in [4.69, 9.17) is 9.15 Å². The Balaban J connectivity index is 1.63. The molecule has 0 N–H and O–H groups in total. The summed E-state index contributed by atoms with van der Waals surface area (Å²) in [6.45, 7) is 0.899. The number of carbonyl (C=O) groups is 2. The SMILES string of the molecule is COc1ccc2c(c1)[C@]1(SCCN1C(=O)c1ccco1)C(=O)N2Cc1ccccc1. The first-order valence-electron chi connectivity index (χ1n) is 9.69. The number of hydrogen-bond acceptors (Lipinski definition) is 5. The lowest BCUT2D eigenvalue weighted by atomic mass is 10.0. The highest BCUT2D eigenvalue weighted by Gasteiger charge is 2.59. The number of hydrogen-bond donors (Lipinski definition) is 0. The van der Waals surface area contributed by atoms with E-state index in [1.807, 2.05) is 48.5 Å². The lowest BCUT2D eigenvalue weighted by Crippen LogP contribution is -2.50. The van der Waals surface area contributed by atoms with Crippen LogP contribution in [0, 0.1) is 0 Å². The van der Waals surface area contributed by atoms with Crippen LogP contribution >= 0.6 is 11.8 Å². The van der Waals surface area contributed by atoms with Crippen LogP contribution in [0.5, 0.6) is 5.75 Å². The molecule has 1 saturated heterocycles. The zero-order chi connectivity index (χ0) is 20.7. The van der Waals surface area contributed by atoms with Crippen molar-refractivity contribution in [1.82, 2.24) is 4.90 Å². The van der Waals surface area contributed by atoms with Gasteiger partial charge in [0.25, 0.3) is 11.8 Å². The third kappa shape index (κ3) is 2.73. The van der Waals surface area contributed by atoms with Gasteiger partial charge in [-0.15, -0.1) is 11.8 Å². The number of anilines is 1. The lowest BCUT2D eigenvalue weighted by Gasteiger charge is -2.32. The molecule has 3 aromatic rings. The van der Waals surface area contributed by atoms with E-state index in [2.05, 4.69) is 0 Å². The van der Waals surface area contributed by atoms with Gasteiger partial charge in [0.1, 0.15) is 5.75 Å². The molecule has 7 heteroatoms. The maximum Gasteiger partial charge on any atom is 0.291 e. The second-order valence-corrected chi connectivity index (χ2v) is 8.47. The number of thioether (sulfide) groups is 1.